The Morgan fingerprint density at radius 2 is 1.16 bits per heavy atom. The van der Waals surface area contributed by atoms with Crippen LogP contribution in [0.25, 0.3) is 77.8 Å². The Labute approximate surface area is 254 Å². The molecule has 0 saturated carbocycles. The Balaban J connectivity index is 1.25. The van der Waals surface area contributed by atoms with Crippen LogP contribution in [-0.2, 0) is 0 Å². The molecule has 0 aliphatic heterocycles. The van der Waals surface area contributed by atoms with E-state index in [2.05, 4.69) is 148 Å². The Morgan fingerprint density at radius 1 is 0.455 bits per heavy atom. The average Bonchev–Trinajstić information content (AvgIpc) is 3.66. The van der Waals surface area contributed by atoms with Gasteiger partial charge in [-0.3, -0.25) is 4.40 Å². The van der Waals surface area contributed by atoms with Crippen molar-refractivity contribution in [3.8, 4) is 39.5 Å². The van der Waals surface area contributed by atoms with Crippen LogP contribution in [0.15, 0.2) is 158 Å². The molecule has 0 amide bonds. The number of pyridine rings is 2. The zero-order valence-electron chi connectivity index (χ0n) is 23.8. The van der Waals surface area contributed by atoms with Crippen LogP contribution in [-0.4, -0.2) is 18.9 Å². The van der Waals surface area contributed by atoms with Crippen LogP contribution >= 0.6 is 0 Å². The van der Waals surface area contributed by atoms with E-state index in [1.165, 1.54) is 27.4 Å². The summed E-state index contributed by atoms with van der Waals surface area (Å²) in [5.74, 6) is 0.881. The van der Waals surface area contributed by atoms with Crippen LogP contribution in [0.1, 0.15) is 0 Å². The first kappa shape index (κ1) is 24.6. The maximum absolute atomic E-state index is 5.26. The van der Waals surface area contributed by atoms with Crippen molar-refractivity contribution in [3.05, 3.63) is 158 Å². The molecule has 4 aromatic heterocycles. The average molecular weight is 563 g/mol. The molecule has 4 heterocycles. The van der Waals surface area contributed by atoms with Crippen LogP contribution in [0, 0.1) is 0 Å². The van der Waals surface area contributed by atoms with Gasteiger partial charge in [0, 0.05) is 39.2 Å². The zero-order valence-corrected chi connectivity index (χ0v) is 23.8. The van der Waals surface area contributed by atoms with E-state index in [1.54, 1.807) is 0 Å². The molecule has 0 saturated heterocycles. The number of para-hydroxylation sites is 2. The minimum absolute atomic E-state index is 0.881. The first-order chi connectivity index (χ1) is 21.8. The lowest BCUT2D eigenvalue weighted by Crippen LogP contribution is -1.94. The molecule has 9 aromatic rings. The van der Waals surface area contributed by atoms with Gasteiger partial charge < -0.3 is 4.57 Å². The third-order valence-corrected chi connectivity index (χ3v) is 8.55. The molecule has 5 aromatic carbocycles. The van der Waals surface area contributed by atoms with Gasteiger partial charge in [0.25, 0.3) is 0 Å². The van der Waals surface area contributed by atoms with Crippen molar-refractivity contribution in [2.45, 2.75) is 0 Å². The molecular weight excluding hydrogens is 536 g/mol. The number of rotatable bonds is 4. The molecule has 206 valence electrons. The molecule has 4 nitrogen and oxygen atoms in total. The first-order valence-electron chi connectivity index (χ1n) is 14.8. The smallest absolute Gasteiger partial charge is 0.146 e. The van der Waals surface area contributed by atoms with Crippen LogP contribution < -0.4 is 0 Å². The van der Waals surface area contributed by atoms with Gasteiger partial charge in [0.05, 0.1) is 22.2 Å². The van der Waals surface area contributed by atoms with Gasteiger partial charge in [-0.05, 0) is 71.8 Å². The van der Waals surface area contributed by atoms with Crippen molar-refractivity contribution in [1.29, 1.82) is 0 Å². The molecule has 0 fully saturated rings. The van der Waals surface area contributed by atoms with Gasteiger partial charge >= 0.3 is 0 Å². The summed E-state index contributed by atoms with van der Waals surface area (Å²) in [6.07, 6.45) is 1.85. The molecule has 4 heteroatoms. The van der Waals surface area contributed by atoms with Crippen molar-refractivity contribution in [1.82, 2.24) is 18.9 Å². The van der Waals surface area contributed by atoms with Crippen LogP contribution in [0.3, 0.4) is 0 Å². The molecule has 0 spiro atoms. The Morgan fingerprint density at radius 3 is 2.05 bits per heavy atom. The van der Waals surface area contributed by atoms with E-state index in [9.17, 15) is 0 Å². The quantitative estimate of drug-likeness (QED) is 0.214. The monoisotopic (exact) mass is 562 g/mol. The zero-order chi connectivity index (χ0) is 29.0. The molecule has 0 atom stereocenters. The topological polar surface area (TPSA) is 35.1 Å². The Bertz CT molecular complexity index is 2490. The maximum atomic E-state index is 5.26. The van der Waals surface area contributed by atoms with Crippen LogP contribution in [0.5, 0.6) is 0 Å². The fourth-order valence-electron chi connectivity index (χ4n) is 6.54. The lowest BCUT2D eigenvalue weighted by Gasteiger charge is -2.09. The predicted octanol–water partition coefficient (Wildman–Crippen LogP) is 9.98. The summed E-state index contributed by atoms with van der Waals surface area (Å²) in [5.41, 5.74) is 10.9. The van der Waals surface area contributed by atoms with Gasteiger partial charge in [-0.25, -0.2) is 9.97 Å². The molecule has 0 aliphatic rings. The third-order valence-electron chi connectivity index (χ3n) is 8.55. The molecule has 0 unspecified atom stereocenters. The van der Waals surface area contributed by atoms with Crippen molar-refractivity contribution in [3.63, 3.8) is 0 Å². The summed E-state index contributed by atoms with van der Waals surface area (Å²) in [7, 11) is 0. The minimum Gasteiger partial charge on any atom is -0.309 e. The summed E-state index contributed by atoms with van der Waals surface area (Å²) in [5, 5.41) is 3.56. The van der Waals surface area contributed by atoms with E-state index in [4.69, 9.17) is 9.97 Å². The summed E-state index contributed by atoms with van der Waals surface area (Å²) >= 11 is 0. The van der Waals surface area contributed by atoms with Gasteiger partial charge in [0.1, 0.15) is 11.5 Å². The molecule has 0 radical (unpaired) electrons. The van der Waals surface area contributed by atoms with E-state index in [0.29, 0.717) is 0 Å². The van der Waals surface area contributed by atoms with Crippen molar-refractivity contribution in [2.75, 3.05) is 0 Å². The Hall–Kier alpha value is -6.00. The van der Waals surface area contributed by atoms with Crippen molar-refractivity contribution in [2.24, 2.45) is 0 Å². The highest BCUT2D eigenvalue weighted by atomic mass is 15.1. The molecule has 0 N–H and O–H groups in total. The summed E-state index contributed by atoms with van der Waals surface area (Å²) in [4.78, 5) is 10.1. The molecule has 44 heavy (non-hydrogen) atoms. The molecule has 0 bridgehead atoms. The lowest BCUT2D eigenvalue weighted by molar-refractivity contribution is 1.17. The second-order valence-corrected chi connectivity index (χ2v) is 11.1. The molecule has 9 rings (SSSR count). The first-order valence-corrected chi connectivity index (χ1v) is 14.8. The largest absolute Gasteiger partial charge is 0.309 e. The number of hydrogen-bond donors (Lipinski definition) is 0. The number of benzene rings is 5. The predicted molar refractivity (Wildman–Crippen MR) is 181 cm³/mol. The summed E-state index contributed by atoms with van der Waals surface area (Å²) < 4.78 is 4.55. The fraction of sp³-hybridized carbons (Fsp3) is 0. The van der Waals surface area contributed by atoms with E-state index in [1.807, 2.05) is 18.3 Å². The maximum Gasteiger partial charge on any atom is 0.146 e. The number of hydrogen-bond acceptors (Lipinski definition) is 2. The van der Waals surface area contributed by atoms with E-state index in [0.717, 1.165) is 50.4 Å². The molecule has 0 aliphatic carbocycles. The van der Waals surface area contributed by atoms with Gasteiger partial charge in [-0.2, -0.15) is 0 Å². The van der Waals surface area contributed by atoms with E-state index in [-0.39, 0.29) is 0 Å². The van der Waals surface area contributed by atoms with Gasteiger partial charge in [0.2, 0.25) is 0 Å². The lowest BCUT2D eigenvalue weighted by atomic mass is 10.0. The van der Waals surface area contributed by atoms with Gasteiger partial charge in [0.15, 0.2) is 0 Å². The fourth-order valence-corrected chi connectivity index (χ4v) is 6.54. The van der Waals surface area contributed by atoms with Crippen molar-refractivity contribution >= 4 is 38.4 Å². The highest BCUT2D eigenvalue weighted by Crippen LogP contribution is 2.37. The number of aromatic nitrogens is 4. The molecular formula is C40H26N4. The highest BCUT2D eigenvalue weighted by molar-refractivity contribution is 6.10. The highest BCUT2D eigenvalue weighted by Gasteiger charge is 2.18. The number of imidazole rings is 1. The van der Waals surface area contributed by atoms with Gasteiger partial charge in [-0.15, -0.1) is 0 Å². The SMILES string of the molecule is c1ccc(-c2nc(-c3cccc(-c4ccc5c(c4)c4ccccc4n5-c4ccccc4)c3)n3c2ccc2cccnc23)cc1. The summed E-state index contributed by atoms with van der Waals surface area (Å²) in [6, 6.07) is 53.5. The standard InChI is InChI=1S/C40H26N4/c1-3-11-27(12-4-1)38-37-23-20-28-15-10-24-41-39(28)44(37)40(42-38)31-14-9-13-29(25-31)30-21-22-36-34(26-30)33-18-7-8-19-35(33)43(36)32-16-5-2-6-17-32/h1-26H. The second-order valence-electron chi connectivity index (χ2n) is 11.1. The van der Waals surface area contributed by atoms with Gasteiger partial charge in [-0.1, -0.05) is 91.0 Å². The normalized spacial score (nSPS) is 11.6. The third kappa shape index (κ3) is 3.78. The van der Waals surface area contributed by atoms with E-state index >= 15 is 0 Å². The van der Waals surface area contributed by atoms with Crippen molar-refractivity contribution < 1.29 is 0 Å². The summed E-state index contributed by atoms with van der Waals surface area (Å²) in [6.45, 7) is 0. The minimum atomic E-state index is 0.881. The van der Waals surface area contributed by atoms with Crippen LogP contribution in [0.4, 0.5) is 0 Å². The second kappa shape index (κ2) is 9.79. The number of nitrogens with zero attached hydrogens (tertiary/aromatic N) is 4. The van der Waals surface area contributed by atoms with Crippen LogP contribution in [0.2, 0.25) is 0 Å². The number of fused-ring (bicyclic) bond motifs is 6. The Kier molecular flexibility index (Phi) is 5.47. The van der Waals surface area contributed by atoms with E-state index < -0.39 is 0 Å².